The first-order valence-electron chi connectivity index (χ1n) is 16.5. The molecule has 298 valence electrons. The minimum Gasteiger partial charge on any atom is -0.463 e. The zero-order valence-electron chi connectivity index (χ0n) is 29.1. The smallest absolute Gasteiger partial charge is 0.419 e. The Morgan fingerprint density at radius 3 is 2.31 bits per heavy atom. The number of halogens is 3. The molecule has 19 nitrogen and oxygen atoms in total. The number of imide groups is 1. The monoisotopic (exact) mass is 815 g/mol. The van der Waals surface area contributed by atoms with Crippen LogP contribution in [-0.2, 0) is 42.9 Å². The first-order chi connectivity index (χ1) is 26.1. The van der Waals surface area contributed by atoms with Crippen molar-refractivity contribution in [2.75, 3.05) is 62.6 Å². The number of aliphatic hydroxyl groups excluding tert-OH is 1. The zero-order valence-corrected chi connectivity index (χ0v) is 30.6. The molecule has 0 spiro atoms. The summed E-state index contributed by atoms with van der Waals surface area (Å²) in [7, 11) is 0. The van der Waals surface area contributed by atoms with Crippen LogP contribution in [0.25, 0.3) is 0 Å². The van der Waals surface area contributed by atoms with E-state index in [-0.39, 0.29) is 23.5 Å². The SMILES string of the molecule is CC(=O)N(C[C@H]1CN(c2ccc(N3CCOCC3)c(F)c2)C(=O)O1)C(=O)OCOC(=O)CCC(=O)OC[C@@H](NC(=O)C(Cl)Cl)[C@H](O)c1ccc([N+](=O)[O-])cc1. The minimum absolute atomic E-state index is 0.125. The maximum absolute atomic E-state index is 15.0. The number of carbonyl (C=O) groups is 6. The third-order valence-corrected chi connectivity index (χ3v) is 8.56. The number of non-ortho nitro benzene ring substituents is 1. The zero-order chi connectivity index (χ0) is 40.2. The number of rotatable bonds is 16. The van der Waals surface area contributed by atoms with Gasteiger partial charge in [-0.3, -0.25) is 34.2 Å². The van der Waals surface area contributed by atoms with E-state index < -0.39 is 103 Å². The summed E-state index contributed by atoms with van der Waals surface area (Å²) in [6.07, 6.45) is -5.69. The first-order valence-corrected chi connectivity index (χ1v) is 17.4. The fourth-order valence-corrected chi connectivity index (χ4v) is 5.45. The molecular formula is C33H36Cl2FN5O14. The summed E-state index contributed by atoms with van der Waals surface area (Å²) in [6.45, 7) is 0.855. The van der Waals surface area contributed by atoms with Crippen molar-refractivity contribution in [2.45, 2.75) is 42.9 Å². The molecule has 0 unspecified atom stereocenters. The number of benzene rings is 2. The van der Waals surface area contributed by atoms with Gasteiger partial charge >= 0.3 is 24.1 Å². The van der Waals surface area contributed by atoms with Crippen LogP contribution in [0.15, 0.2) is 42.5 Å². The van der Waals surface area contributed by atoms with Gasteiger partial charge in [0.25, 0.3) is 11.6 Å². The summed E-state index contributed by atoms with van der Waals surface area (Å²) in [5, 5.41) is 24.0. The van der Waals surface area contributed by atoms with Gasteiger partial charge in [0.1, 0.15) is 24.6 Å². The minimum atomic E-state index is -1.54. The number of alkyl halides is 2. The summed E-state index contributed by atoms with van der Waals surface area (Å²) >= 11 is 11.1. The largest absolute Gasteiger partial charge is 0.463 e. The number of nitro groups is 1. The molecule has 2 aromatic carbocycles. The highest BCUT2D eigenvalue weighted by atomic mass is 35.5. The quantitative estimate of drug-likeness (QED) is 0.0619. The maximum atomic E-state index is 15.0. The number of amides is 4. The van der Waals surface area contributed by atoms with Gasteiger partial charge in [0.05, 0.1) is 61.5 Å². The van der Waals surface area contributed by atoms with Gasteiger partial charge < -0.3 is 39.0 Å². The second-order valence-electron chi connectivity index (χ2n) is 11.9. The van der Waals surface area contributed by atoms with Gasteiger partial charge in [0.2, 0.25) is 12.7 Å². The third-order valence-electron chi connectivity index (χ3n) is 8.17. The van der Waals surface area contributed by atoms with Crippen molar-refractivity contribution in [3.63, 3.8) is 0 Å². The Balaban J connectivity index is 1.21. The average molecular weight is 817 g/mol. The Bertz CT molecular complexity index is 1750. The molecule has 2 aliphatic heterocycles. The van der Waals surface area contributed by atoms with Crippen molar-refractivity contribution in [3.05, 3.63) is 64.0 Å². The Labute approximate surface area is 322 Å². The van der Waals surface area contributed by atoms with Crippen molar-refractivity contribution >= 4 is 76.2 Å². The lowest BCUT2D eigenvalue weighted by Crippen LogP contribution is -2.45. The molecule has 2 heterocycles. The number of aliphatic hydroxyl groups is 1. The van der Waals surface area contributed by atoms with Crippen LogP contribution in [0.4, 0.5) is 31.0 Å². The van der Waals surface area contributed by atoms with Gasteiger partial charge in [-0.05, 0) is 35.9 Å². The van der Waals surface area contributed by atoms with Crippen LogP contribution in [0.3, 0.4) is 0 Å². The lowest BCUT2D eigenvalue weighted by atomic mass is 10.0. The molecule has 0 bridgehead atoms. The molecule has 0 saturated carbocycles. The molecule has 4 amide bonds. The van der Waals surface area contributed by atoms with Gasteiger partial charge in [0, 0.05) is 32.1 Å². The number of nitrogens with zero attached hydrogens (tertiary/aromatic N) is 4. The van der Waals surface area contributed by atoms with Crippen LogP contribution in [0, 0.1) is 15.9 Å². The topological polar surface area (TPSA) is 234 Å². The van der Waals surface area contributed by atoms with Crippen LogP contribution in [-0.4, -0.2) is 121 Å². The molecular weight excluding hydrogens is 780 g/mol. The van der Waals surface area contributed by atoms with E-state index >= 15 is 0 Å². The average Bonchev–Trinajstić information content (AvgIpc) is 3.53. The second kappa shape index (κ2) is 19.9. The molecule has 2 aromatic rings. The summed E-state index contributed by atoms with van der Waals surface area (Å²) in [4.78, 5) is 86.5. The van der Waals surface area contributed by atoms with Gasteiger partial charge in [0.15, 0.2) is 4.84 Å². The highest BCUT2D eigenvalue weighted by Crippen LogP contribution is 2.29. The number of anilines is 2. The Hall–Kier alpha value is -5.31. The molecule has 2 aliphatic rings. The number of ether oxygens (including phenoxy) is 5. The maximum Gasteiger partial charge on any atom is 0.419 e. The molecule has 22 heteroatoms. The predicted octanol–water partition coefficient (Wildman–Crippen LogP) is 2.73. The first kappa shape index (κ1) is 42.4. The number of nitro benzene ring substituents is 1. The van der Waals surface area contributed by atoms with Crippen molar-refractivity contribution < 1.29 is 66.9 Å². The number of morpholine rings is 1. The molecule has 2 saturated heterocycles. The van der Waals surface area contributed by atoms with Crippen LogP contribution in [0.2, 0.25) is 0 Å². The van der Waals surface area contributed by atoms with Gasteiger partial charge in [-0.25, -0.2) is 18.9 Å². The summed E-state index contributed by atoms with van der Waals surface area (Å²) in [5.74, 6) is -4.24. The van der Waals surface area contributed by atoms with E-state index in [4.69, 9.17) is 46.9 Å². The number of nitrogens with one attached hydrogen (secondary N) is 1. The second-order valence-corrected chi connectivity index (χ2v) is 13.0. The van der Waals surface area contributed by atoms with Gasteiger partial charge in [-0.15, -0.1) is 0 Å². The normalized spacial score (nSPS) is 16.5. The van der Waals surface area contributed by atoms with Crippen molar-refractivity contribution in [1.29, 1.82) is 0 Å². The van der Waals surface area contributed by atoms with Crippen molar-refractivity contribution in [1.82, 2.24) is 10.2 Å². The van der Waals surface area contributed by atoms with Gasteiger partial charge in [-0.2, -0.15) is 0 Å². The number of hydrogen-bond acceptors (Lipinski definition) is 15. The van der Waals surface area contributed by atoms with E-state index in [1.807, 2.05) is 4.90 Å². The molecule has 55 heavy (non-hydrogen) atoms. The van der Waals surface area contributed by atoms with Crippen LogP contribution in [0.1, 0.15) is 31.4 Å². The standard InChI is InChI=1S/C33H36Cl2FN5O14/c1-19(42)39(15-23-16-40(33(48)55-23)22-6-7-26(24(36)14-22)38-10-12-51-13-11-38)32(47)54-18-53-28(44)9-8-27(43)52-17-25(37-31(46)30(34)35)29(45)20-2-4-21(5-3-20)41(49)50/h2-7,14,23,25,29-30,45H,8-13,15-18H2,1H3,(H,37,46)/t23-,25+,29+/m0/s1. The molecule has 2 N–H and O–H groups in total. The molecule has 4 rings (SSSR count). The fourth-order valence-electron chi connectivity index (χ4n) is 5.32. The van der Waals surface area contributed by atoms with Crippen LogP contribution in [0.5, 0.6) is 0 Å². The number of hydrogen-bond donors (Lipinski definition) is 2. The van der Waals surface area contributed by atoms with E-state index in [1.54, 1.807) is 6.07 Å². The fraction of sp³-hybridized carbons (Fsp3) is 0.455. The molecule has 2 fully saturated rings. The van der Waals surface area contributed by atoms with Crippen molar-refractivity contribution in [3.8, 4) is 0 Å². The highest BCUT2D eigenvalue weighted by molar-refractivity contribution is 6.53. The van der Waals surface area contributed by atoms with E-state index in [0.29, 0.717) is 36.9 Å². The number of esters is 2. The summed E-state index contributed by atoms with van der Waals surface area (Å²) in [6, 6.07) is 7.66. The van der Waals surface area contributed by atoms with Gasteiger partial charge in [-0.1, -0.05) is 23.2 Å². The third kappa shape index (κ3) is 12.1. The van der Waals surface area contributed by atoms with E-state index in [2.05, 4.69) is 5.32 Å². The molecule has 3 atom stereocenters. The summed E-state index contributed by atoms with van der Waals surface area (Å²) in [5.41, 5.74) is 0.429. The lowest BCUT2D eigenvalue weighted by molar-refractivity contribution is -0.384. The molecule has 0 aliphatic carbocycles. The Morgan fingerprint density at radius 2 is 1.71 bits per heavy atom. The predicted molar refractivity (Wildman–Crippen MR) is 188 cm³/mol. The van der Waals surface area contributed by atoms with Crippen molar-refractivity contribution in [2.24, 2.45) is 0 Å². The highest BCUT2D eigenvalue weighted by Gasteiger charge is 2.36. The molecule has 0 radical (unpaired) electrons. The van der Waals surface area contributed by atoms with Crippen LogP contribution >= 0.6 is 23.2 Å². The Morgan fingerprint density at radius 1 is 1.05 bits per heavy atom. The summed E-state index contributed by atoms with van der Waals surface area (Å²) < 4.78 is 40.3. The lowest BCUT2D eigenvalue weighted by Gasteiger charge is -2.29. The molecule has 0 aromatic heterocycles. The van der Waals surface area contributed by atoms with E-state index in [1.165, 1.54) is 24.3 Å². The Kier molecular flexibility index (Phi) is 15.3. The number of cyclic esters (lactones) is 1. The van der Waals surface area contributed by atoms with Crippen LogP contribution < -0.4 is 15.1 Å². The number of carbonyl (C=O) groups excluding carboxylic acids is 6. The van der Waals surface area contributed by atoms with E-state index in [0.717, 1.165) is 24.0 Å². The van der Waals surface area contributed by atoms with E-state index in [9.17, 15) is 48.4 Å².